The van der Waals surface area contributed by atoms with E-state index >= 15 is 0 Å². The predicted molar refractivity (Wildman–Crippen MR) is 118 cm³/mol. The summed E-state index contributed by atoms with van der Waals surface area (Å²) in [6.07, 6.45) is 5.93. The lowest BCUT2D eigenvalue weighted by Gasteiger charge is -2.52. The minimum atomic E-state index is -0.411. The highest BCUT2D eigenvalue weighted by Crippen LogP contribution is 2.48. The van der Waals surface area contributed by atoms with Gasteiger partial charge in [0, 0.05) is 56.7 Å². The molecule has 2 aliphatic heterocycles. The first-order valence-electron chi connectivity index (χ1n) is 11.8. The third-order valence-electron chi connectivity index (χ3n) is 7.71. The summed E-state index contributed by atoms with van der Waals surface area (Å²) in [5.74, 6) is 0.442. The first-order valence-corrected chi connectivity index (χ1v) is 11.8. The van der Waals surface area contributed by atoms with Gasteiger partial charge in [-0.05, 0) is 58.1 Å². The Morgan fingerprint density at radius 3 is 2.68 bits per heavy atom. The Kier molecular flexibility index (Phi) is 6.84. The molecule has 0 radical (unpaired) electrons. The Balaban J connectivity index is 1.49. The molecule has 0 unspecified atom stereocenters. The van der Waals surface area contributed by atoms with Crippen LogP contribution in [-0.2, 0) is 27.9 Å². The number of aryl methyl sites for hydroxylation is 1. The van der Waals surface area contributed by atoms with Gasteiger partial charge in [0.15, 0.2) is 5.78 Å². The van der Waals surface area contributed by atoms with Crippen molar-refractivity contribution in [2.45, 2.75) is 52.1 Å². The van der Waals surface area contributed by atoms with E-state index in [2.05, 4.69) is 9.80 Å². The number of rotatable bonds is 6. The van der Waals surface area contributed by atoms with Gasteiger partial charge in [-0.3, -0.25) is 19.4 Å². The molecule has 7 heteroatoms. The molecule has 1 saturated carbocycles. The number of esters is 1. The number of hydrogen-bond acceptors (Lipinski definition) is 6. The average Bonchev–Trinajstić information content (AvgIpc) is 3.14. The summed E-state index contributed by atoms with van der Waals surface area (Å²) in [5.41, 5.74) is 1.45. The van der Waals surface area contributed by atoms with E-state index in [0.29, 0.717) is 18.6 Å². The molecule has 3 fully saturated rings. The number of aromatic nitrogens is 1. The van der Waals surface area contributed by atoms with Gasteiger partial charge < -0.3 is 14.0 Å². The molecule has 0 aromatic carbocycles. The summed E-state index contributed by atoms with van der Waals surface area (Å²) < 4.78 is 13.2. The van der Waals surface area contributed by atoms with Crippen molar-refractivity contribution in [3.63, 3.8) is 0 Å². The highest BCUT2D eigenvalue weighted by molar-refractivity contribution is 5.94. The van der Waals surface area contributed by atoms with Gasteiger partial charge in [-0.1, -0.05) is 0 Å². The number of morpholine rings is 1. The Morgan fingerprint density at radius 1 is 1.23 bits per heavy atom. The van der Waals surface area contributed by atoms with E-state index in [-0.39, 0.29) is 11.8 Å². The van der Waals surface area contributed by atoms with Gasteiger partial charge in [0.25, 0.3) is 0 Å². The number of nitrogens with zero attached hydrogens (tertiary/aromatic N) is 3. The van der Waals surface area contributed by atoms with Crippen LogP contribution >= 0.6 is 0 Å². The molecular formula is C24H37N3O4. The van der Waals surface area contributed by atoms with Crippen molar-refractivity contribution in [2.75, 3.05) is 46.0 Å². The number of carbonyl (C=O) groups excluding carboxylic acids is 2. The van der Waals surface area contributed by atoms with E-state index in [1.807, 2.05) is 30.8 Å². The topological polar surface area (TPSA) is 64.0 Å². The summed E-state index contributed by atoms with van der Waals surface area (Å²) in [7, 11) is 1.99. The van der Waals surface area contributed by atoms with Crippen molar-refractivity contribution in [2.24, 2.45) is 18.4 Å². The van der Waals surface area contributed by atoms with Gasteiger partial charge in [-0.2, -0.15) is 0 Å². The quantitative estimate of drug-likeness (QED) is 0.509. The van der Waals surface area contributed by atoms with Crippen molar-refractivity contribution in [1.29, 1.82) is 0 Å². The van der Waals surface area contributed by atoms with E-state index < -0.39 is 5.41 Å². The number of hydrogen-bond donors (Lipinski definition) is 0. The molecule has 0 amide bonds. The number of likely N-dealkylation sites (tertiary alicyclic amines) is 1. The van der Waals surface area contributed by atoms with E-state index in [1.54, 1.807) is 6.92 Å². The molecule has 0 spiro atoms. The van der Waals surface area contributed by atoms with E-state index in [4.69, 9.17) is 9.47 Å². The van der Waals surface area contributed by atoms with E-state index in [1.165, 1.54) is 0 Å². The van der Waals surface area contributed by atoms with Gasteiger partial charge in [0.1, 0.15) is 0 Å². The van der Waals surface area contributed by atoms with Gasteiger partial charge in [-0.25, -0.2) is 0 Å². The molecule has 1 aliphatic carbocycles. The second-order valence-corrected chi connectivity index (χ2v) is 9.54. The van der Waals surface area contributed by atoms with Crippen LogP contribution in [-0.4, -0.2) is 78.2 Å². The number of ether oxygens (including phenoxy) is 2. The normalized spacial score (nSPS) is 30.0. The Bertz CT molecular complexity index is 801. The summed E-state index contributed by atoms with van der Waals surface area (Å²) in [4.78, 5) is 30.0. The predicted octanol–water partition coefficient (Wildman–Crippen LogP) is 2.48. The van der Waals surface area contributed by atoms with Crippen LogP contribution in [0.5, 0.6) is 0 Å². The van der Waals surface area contributed by atoms with Crippen LogP contribution in [0.2, 0.25) is 0 Å². The highest BCUT2D eigenvalue weighted by Gasteiger charge is 2.53. The van der Waals surface area contributed by atoms with Crippen LogP contribution in [0, 0.1) is 11.3 Å². The summed E-state index contributed by atoms with van der Waals surface area (Å²) >= 11 is 0. The molecule has 7 nitrogen and oxygen atoms in total. The number of carbonyl (C=O) groups is 2. The van der Waals surface area contributed by atoms with E-state index in [9.17, 15) is 9.59 Å². The maximum absolute atomic E-state index is 13.3. The zero-order chi connectivity index (χ0) is 22.0. The second kappa shape index (κ2) is 9.43. The summed E-state index contributed by atoms with van der Waals surface area (Å²) in [6.45, 7) is 10.0. The molecule has 0 bridgehead atoms. The summed E-state index contributed by atoms with van der Waals surface area (Å²) in [5, 5.41) is 0. The highest BCUT2D eigenvalue weighted by atomic mass is 16.5. The Hall–Kier alpha value is -1.70. The maximum atomic E-state index is 13.3. The summed E-state index contributed by atoms with van der Waals surface area (Å²) in [6, 6.07) is 2.54. The van der Waals surface area contributed by atoms with Gasteiger partial charge in [-0.15, -0.1) is 0 Å². The maximum Gasteiger partial charge on any atom is 0.313 e. The first kappa shape index (κ1) is 22.5. The first-order chi connectivity index (χ1) is 14.9. The van der Waals surface area contributed by atoms with Crippen LogP contribution in [0.4, 0.5) is 0 Å². The lowest BCUT2D eigenvalue weighted by Crippen LogP contribution is -2.58. The largest absolute Gasteiger partial charge is 0.466 e. The molecule has 0 N–H and O–H groups in total. The minimum Gasteiger partial charge on any atom is -0.466 e. The van der Waals surface area contributed by atoms with Gasteiger partial charge in [0.05, 0.1) is 25.2 Å². The molecule has 1 aromatic heterocycles. The van der Waals surface area contributed by atoms with Crippen molar-refractivity contribution in [3.05, 3.63) is 23.5 Å². The van der Waals surface area contributed by atoms with Gasteiger partial charge >= 0.3 is 5.97 Å². The van der Waals surface area contributed by atoms with Gasteiger partial charge in [0.2, 0.25) is 0 Å². The number of ketones is 1. The number of fused-ring (bicyclic) bond motifs is 1. The van der Waals surface area contributed by atoms with Crippen molar-refractivity contribution >= 4 is 11.8 Å². The second-order valence-electron chi connectivity index (χ2n) is 9.54. The Morgan fingerprint density at radius 2 is 2.00 bits per heavy atom. The van der Waals surface area contributed by atoms with Crippen LogP contribution in [0.1, 0.15) is 55.6 Å². The SMILES string of the molecule is CCOC(=O)[C@@]12CC[C@H](N3CCOCC3)C[C@H]1CCN(Cc1cc(C(C)=O)cn1C)C2. The molecule has 172 valence electrons. The fraction of sp³-hybridized carbons (Fsp3) is 0.750. The van der Waals surface area contributed by atoms with Crippen LogP contribution in [0.3, 0.4) is 0 Å². The fourth-order valence-corrected chi connectivity index (χ4v) is 5.93. The number of Topliss-reactive ketones (excluding diaryl/α,β-unsaturated/α-hetero) is 1. The van der Waals surface area contributed by atoms with Crippen molar-refractivity contribution in [1.82, 2.24) is 14.4 Å². The molecule has 3 atom stereocenters. The number of piperidine rings is 1. The molecule has 2 saturated heterocycles. The third kappa shape index (κ3) is 4.59. The standard InChI is InChI=1S/C24H37N3O4/c1-4-31-23(29)24-7-5-21(27-9-11-30-12-10-27)14-20(24)6-8-26(17-24)16-22-13-19(18(2)28)15-25(22)3/h13,15,20-21H,4-12,14,16-17H2,1-3H3/t20-,21+,24-/m1/s1. The lowest BCUT2D eigenvalue weighted by molar-refractivity contribution is -0.170. The zero-order valence-corrected chi connectivity index (χ0v) is 19.3. The monoisotopic (exact) mass is 431 g/mol. The molecular weight excluding hydrogens is 394 g/mol. The smallest absolute Gasteiger partial charge is 0.313 e. The third-order valence-corrected chi connectivity index (χ3v) is 7.71. The minimum absolute atomic E-state index is 0.0126. The molecule has 4 rings (SSSR count). The van der Waals surface area contributed by atoms with Crippen LogP contribution in [0.15, 0.2) is 12.3 Å². The lowest BCUT2D eigenvalue weighted by atomic mass is 9.61. The fourth-order valence-electron chi connectivity index (χ4n) is 5.93. The van der Waals surface area contributed by atoms with Crippen molar-refractivity contribution < 1.29 is 19.1 Å². The van der Waals surface area contributed by atoms with Crippen LogP contribution in [0.25, 0.3) is 0 Å². The molecule has 1 aromatic rings. The zero-order valence-electron chi connectivity index (χ0n) is 19.3. The molecule has 3 aliphatic rings. The molecule has 3 heterocycles. The van der Waals surface area contributed by atoms with Crippen molar-refractivity contribution in [3.8, 4) is 0 Å². The average molecular weight is 432 g/mol. The molecule has 31 heavy (non-hydrogen) atoms. The van der Waals surface area contributed by atoms with E-state index in [0.717, 1.165) is 82.9 Å². The van der Waals surface area contributed by atoms with Crippen LogP contribution < -0.4 is 0 Å². The Labute approximate surface area is 185 Å².